The van der Waals surface area contributed by atoms with Crippen molar-refractivity contribution in [1.29, 1.82) is 0 Å². The summed E-state index contributed by atoms with van der Waals surface area (Å²) in [7, 11) is 15.6. The molecule has 2 unspecified atom stereocenters. The van der Waals surface area contributed by atoms with Gasteiger partial charge in [-0.2, -0.15) is 0 Å². The fourth-order valence-electron chi connectivity index (χ4n) is 6.49. The van der Waals surface area contributed by atoms with Gasteiger partial charge in [-0.3, -0.25) is 0 Å². The molecule has 2 aliphatic rings. The minimum absolute atomic E-state index is 0.205. The number of hydrogen-bond acceptors (Lipinski definition) is 0. The maximum atomic E-state index is 7.79. The molecule has 0 N–H and O–H groups in total. The van der Waals surface area contributed by atoms with Crippen molar-refractivity contribution in [3.05, 3.63) is 79.9 Å². The number of hydrogen-bond donors (Lipinski definition) is 0. The van der Waals surface area contributed by atoms with Crippen molar-refractivity contribution in [1.82, 2.24) is 0 Å². The zero-order valence-corrected chi connectivity index (χ0v) is 26.5. The molecule has 0 bridgehead atoms. The van der Waals surface area contributed by atoms with Gasteiger partial charge in [-0.15, -0.1) is 0 Å². The maximum absolute atomic E-state index is 7.79. The van der Waals surface area contributed by atoms with Crippen LogP contribution in [0.1, 0.15) is 118 Å². The molecule has 0 radical (unpaired) electrons. The molecule has 35 heavy (non-hydrogen) atoms. The third kappa shape index (κ3) is 5.22. The van der Waals surface area contributed by atoms with Gasteiger partial charge in [0.15, 0.2) is 0 Å². The van der Waals surface area contributed by atoms with Crippen LogP contribution in [0.4, 0.5) is 0 Å². The molecule has 2 aliphatic carbocycles. The third-order valence-corrected chi connectivity index (χ3v) is 20.9. The molecule has 0 spiro atoms. The van der Waals surface area contributed by atoms with E-state index in [4.69, 9.17) is 17.0 Å². The second-order valence-corrected chi connectivity index (χ2v) is 25.7. The van der Waals surface area contributed by atoms with Crippen molar-refractivity contribution in [3.8, 4) is 0 Å². The van der Waals surface area contributed by atoms with Crippen molar-refractivity contribution < 1.29 is 17.9 Å². The average molecular weight is 589 g/mol. The molecule has 3 heteroatoms. The van der Waals surface area contributed by atoms with Crippen molar-refractivity contribution in [2.24, 2.45) is 0 Å². The van der Waals surface area contributed by atoms with E-state index in [2.05, 4.69) is 78.0 Å². The summed E-state index contributed by atoms with van der Waals surface area (Å²) in [6.07, 6.45) is 14.7. The van der Waals surface area contributed by atoms with E-state index in [9.17, 15) is 0 Å². The first-order valence-corrected chi connectivity index (χ1v) is 22.9. The van der Waals surface area contributed by atoms with Gasteiger partial charge < -0.3 is 0 Å². The van der Waals surface area contributed by atoms with Crippen LogP contribution in [0.25, 0.3) is 12.2 Å². The zero-order chi connectivity index (χ0) is 25.3. The molecule has 0 fully saturated rings. The first kappa shape index (κ1) is 27.4. The summed E-state index contributed by atoms with van der Waals surface area (Å²) in [4.78, 5) is 0. The number of rotatable bonds is 10. The fraction of sp³-hybridized carbons (Fsp3) is 0.500. The van der Waals surface area contributed by atoms with Gasteiger partial charge in [0.1, 0.15) is 0 Å². The Hall–Kier alpha value is -0.617. The van der Waals surface area contributed by atoms with Crippen molar-refractivity contribution in [2.75, 3.05) is 0 Å². The summed E-state index contributed by atoms with van der Waals surface area (Å²) in [5, 5.41) is 0. The molecular weight excluding hydrogens is 546 g/mol. The Labute approximate surface area is 225 Å². The predicted octanol–water partition coefficient (Wildman–Crippen LogP) is 10.8. The average Bonchev–Trinajstić information content (AvgIpc) is 3.36. The molecule has 0 nitrogen and oxygen atoms in total. The molecule has 0 amide bonds. The van der Waals surface area contributed by atoms with Crippen LogP contribution in [0, 0.1) is 13.8 Å². The number of benzene rings is 2. The second kappa shape index (κ2) is 11.4. The van der Waals surface area contributed by atoms with Crippen LogP contribution in [0.15, 0.2) is 35.4 Å². The van der Waals surface area contributed by atoms with E-state index in [0.29, 0.717) is 0 Å². The van der Waals surface area contributed by atoms with E-state index < -0.39 is 17.9 Å². The Balaban J connectivity index is 1.76. The van der Waals surface area contributed by atoms with Gasteiger partial charge in [0, 0.05) is 0 Å². The number of fused-ring (bicyclic) bond motifs is 2. The fourth-order valence-corrected chi connectivity index (χ4v) is 21.1. The molecule has 0 aliphatic heterocycles. The number of allylic oxidation sites excluding steroid dienone is 2. The first-order chi connectivity index (χ1) is 16.7. The number of halogens is 2. The van der Waals surface area contributed by atoms with E-state index in [1.54, 1.807) is 0 Å². The van der Waals surface area contributed by atoms with E-state index in [1.807, 2.05) is 0 Å². The van der Waals surface area contributed by atoms with Crippen LogP contribution in [0.3, 0.4) is 0 Å². The van der Waals surface area contributed by atoms with Gasteiger partial charge in [-0.05, 0) is 0 Å². The van der Waals surface area contributed by atoms with Crippen LogP contribution in [-0.4, -0.2) is 0 Å². The van der Waals surface area contributed by atoms with Crippen molar-refractivity contribution in [2.45, 2.75) is 100 Å². The Morgan fingerprint density at radius 3 is 1.40 bits per heavy atom. The van der Waals surface area contributed by atoms with Crippen LogP contribution in [-0.2, 0) is 30.7 Å². The summed E-state index contributed by atoms with van der Waals surface area (Å²) >= 11 is -3.81. The van der Waals surface area contributed by atoms with E-state index in [-0.39, 0.29) is 7.25 Å². The van der Waals surface area contributed by atoms with Gasteiger partial charge in [0.25, 0.3) is 0 Å². The van der Waals surface area contributed by atoms with E-state index in [1.165, 1.54) is 94.2 Å². The summed E-state index contributed by atoms with van der Waals surface area (Å²) in [5.74, 6) is 0. The summed E-state index contributed by atoms with van der Waals surface area (Å²) in [5.41, 5.74) is 14.1. The first-order valence-electron chi connectivity index (χ1n) is 13.7. The molecule has 2 atom stereocenters. The Morgan fingerprint density at radius 2 is 1.03 bits per heavy atom. The van der Waals surface area contributed by atoms with Crippen molar-refractivity contribution >= 4 is 29.2 Å². The molecule has 0 saturated carbocycles. The predicted molar refractivity (Wildman–Crippen MR) is 153 cm³/mol. The molecule has 2 aromatic carbocycles. The minimum atomic E-state index is -3.81. The van der Waals surface area contributed by atoms with E-state index >= 15 is 0 Å². The summed E-state index contributed by atoms with van der Waals surface area (Å²) in [6, 6.07) is 9.33. The van der Waals surface area contributed by atoms with Gasteiger partial charge in [0.05, 0.1) is 0 Å². The quantitative estimate of drug-likeness (QED) is 0.242. The molecular formula is C32H42Cl2Zr. The SMILES string of the molecule is CCCCCc1ccc(C)c2c1C=C(C)[CH]2[Zr]([Cl])([Cl])[CH]1C(C)=Cc2c(CCCCC)ccc(C)c21. The third-order valence-electron chi connectivity index (χ3n) is 8.29. The molecule has 0 aromatic heterocycles. The normalized spacial score (nSPS) is 19.0. The van der Waals surface area contributed by atoms with Crippen LogP contribution in [0.5, 0.6) is 0 Å². The van der Waals surface area contributed by atoms with E-state index in [0.717, 1.165) is 12.8 Å². The van der Waals surface area contributed by atoms with Crippen LogP contribution >= 0.6 is 17.0 Å². The van der Waals surface area contributed by atoms with Crippen molar-refractivity contribution in [3.63, 3.8) is 0 Å². The molecule has 2 aromatic rings. The molecule has 0 heterocycles. The molecule has 4 rings (SSSR count). The summed E-state index contributed by atoms with van der Waals surface area (Å²) < 4.78 is 0.410. The second-order valence-electron chi connectivity index (χ2n) is 11.0. The summed E-state index contributed by atoms with van der Waals surface area (Å²) in [6.45, 7) is 13.6. The van der Waals surface area contributed by atoms with Gasteiger partial charge in [0.2, 0.25) is 0 Å². The topological polar surface area (TPSA) is 0 Å². The standard InChI is InChI=1S/2C16H21.2ClH.Zr/c2*1-4-5-6-7-14-9-8-13(3)15-10-12(2)11-16(14)15;;;/h2*8-11H,4-7H2,1-3H3;2*1H;/q;;;;+2/p-2. The molecule has 0 saturated heterocycles. The van der Waals surface area contributed by atoms with Gasteiger partial charge in [-0.25, -0.2) is 0 Å². The Bertz CT molecular complexity index is 1070. The van der Waals surface area contributed by atoms with Crippen LogP contribution < -0.4 is 0 Å². The Kier molecular flexibility index (Phi) is 8.94. The Morgan fingerprint density at radius 1 is 0.629 bits per heavy atom. The van der Waals surface area contributed by atoms with Crippen LogP contribution in [0.2, 0.25) is 0 Å². The zero-order valence-electron chi connectivity index (χ0n) is 22.5. The number of aryl methyl sites for hydroxylation is 4. The van der Waals surface area contributed by atoms with Gasteiger partial charge >= 0.3 is 227 Å². The van der Waals surface area contributed by atoms with Gasteiger partial charge in [-0.1, -0.05) is 0 Å². The number of unbranched alkanes of at least 4 members (excludes halogenated alkanes) is 4. The molecule has 188 valence electrons. The monoisotopic (exact) mass is 586 g/mol.